The Kier molecular flexibility index (Phi) is 15.6. The third kappa shape index (κ3) is 12.1. The molecule has 3 aliphatic heterocycles. The third-order valence-electron chi connectivity index (χ3n) is 9.45. The molecule has 4 fully saturated rings. The van der Waals surface area contributed by atoms with Gasteiger partial charge in [-0.25, -0.2) is 0 Å². The summed E-state index contributed by atoms with van der Waals surface area (Å²) in [5.74, 6) is -0.453. The highest BCUT2D eigenvalue weighted by Gasteiger charge is 2.45. The Labute approximate surface area is 287 Å². The molecule has 0 radical (unpaired) electrons. The predicted molar refractivity (Wildman–Crippen MR) is 182 cm³/mol. The van der Waals surface area contributed by atoms with Crippen LogP contribution in [0, 0.1) is 11.8 Å². The first-order valence-corrected chi connectivity index (χ1v) is 19.2. The largest absolute Gasteiger partial charge is 0.481 e. The van der Waals surface area contributed by atoms with Crippen molar-refractivity contribution in [3.05, 3.63) is 45.1 Å². The Morgan fingerprint density at radius 3 is 2.22 bits per heavy atom. The molecule has 0 bridgehead atoms. The third-order valence-corrected chi connectivity index (χ3v) is 11.1. The number of allylic oxidation sites excluding steroid dienone is 2. The maximum absolute atomic E-state index is 11.0. The fourth-order valence-electron chi connectivity index (χ4n) is 6.98. The summed E-state index contributed by atoms with van der Waals surface area (Å²) < 4.78 is 39.3. The summed E-state index contributed by atoms with van der Waals surface area (Å²) in [6, 6.07) is 4.30. The number of thiophene rings is 1. The fraction of sp³-hybridized carbons (Fsp3) is 0.750. The highest BCUT2D eigenvalue weighted by molar-refractivity contribution is 9.11. The summed E-state index contributed by atoms with van der Waals surface area (Å²) in [6.07, 6.45) is 22.6. The number of aryl methyl sites for hydroxylation is 1. The second-order valence-electron chi connectivity index (χ2n) is 13.0. The zero-order valence-electron chi connectivity index (χ0n) is 27.1. The minimum absolute atomic E-state index is 0.0143. The Morgan fingerprint density at radius 2 is 1.61 bits per heavy atom. The number of rotatable bonds is 17. The molecule has 0 amide bonds. The van der Waals surface area contributed by atoms with E-state index in [1.54, 1.807) is 11.3 Å². The van der Waals surface area contributed by atoms with Gasteiger partial charge < -0.3 is 33.5 Å². The molecule has 1 aliphatic carbocycles. The molecule has 1 saturated carbocycles. The maximum atomic E-state index is 11.0. The Hall–Kier alpha value is -1.11. The number of ether oxygens (including phenoxy) is 6. The van der Waals surface area contributed by atoms with E-state index in [4.69, 9.17) is 33.5 Å². The number of halogens is 1. The lowest BCUT2D eigenvalue weighted by Gasteiger charge is -2.30. The summed E-state index contributed by atoms with van der Waals surface area (Å²) in [4.78, 5) is 12.3. The second kappa shape index (κ2) is 19.8. The minimum atomic E-state index is -0.748. The van der Waals surface area contributed by atoms with Gasteiger partial charge in [0.2, 0.25) is 0 Å². The van der Waals surface area contributed by atoms with Gasteiger partial charge in [-0.3, -0.25) is 4.79 Å². The van der Waals surface area contributed by atoms with E-state index >= 15 is 0 Å². The van der Waals surface area contributed by atoms with Crippen molar-refractivity contribution in [2.24, 2.45) is 11.8 Å². The van der Waals surface area contributed by atoms with Crippen LogP contribution in [0.15, 0.2) is 40.2 Å². The first-order chi connectivity index (χ1) is 22.5. The minimum Gasteiger partial charge on any atom is -0.481 e. The molecule has 4 aliphatic rings. The SMILES string of the molecule is O=C(O)CCCC=CC[C@@H]1[C@@H](C=CC(CCc2ccc(Br)s2)OC2CCCCO2)[C@H](OC2CCCCO2)C[C@@H]1OC1CCCCO1. The van der Waals surface area contributed by atoms with Crippen molar-refractivity contribution in [1.82, 2.24) is 0 Å². The molecule has 0 aromatic carbocycles. The normalized spacial score (nSPS) is 31.5. The van der Waals surface area contributed by atoms with Gasteiger partial charge in [-0.1, -0.05) is 24.3 Å². The monoisotopic (exact) mass is 724 g/mol. The van der Waals surface area contributed by atoms with Crippen molar-refractivity contribution in [1.29, 1.82) is 0 Å². The van der Waals surface area contributed by atoms with Crippen molar-refractivity contribution in [2.45, 2.75) is 140 Å². The summed E-state index contributed by atoms with van der Waals surface area (Å²) in [5.41, 5.74) is 0. The number of carboxylic acid groups (broad SMARTS) is 1. The molecule has 8 nitrogen and oxygen atoms in total. The summed E-state index contributed by atoms with van der Waals surface area (Å²) in [5, 5.41) is 9.04. The van der Waals surface area contributed by atoms with Gasteiger partial charge in [0, 0.05) is 43.5 Å². The van der Waals surface area contributed by atoms with Crippen LogP contribution in [0.4, 0.5) is 0 Å². The molecule has 5 rings (SSSR count). The lowest BCUT2D eigenvalue weighted by atomic mass is 9.89. The van der Waals surface area contributed by atoms with E-state index in [1.165, 1.54) is 4.88 Å². The number of carbonyl (C=O) groups is 1. The average molecular weight is 726 g/mol. The van der Waals surface area contributed by atoms with Crippen molar-refractivity contribution < 1.29 is 38.3 Å². The van der Waals surface area contributed by atoms with Crippen molar-refractivity contribution in [3.63, 3.8) is 0 Å². The van der Waals surface area contributed by atoms with Crippen LogP contribution in [0.3, 0.4) is 0 Å². The topological polar surface area (TPSA) is 92.7 Å². The van der Waals surface area contributed by atoms with E-state index in [0.717, 1.165) is 113 Å². The summed E-state index contributed by atoms with van der Waals surface area (Å²) in [7, 11) is 0. The molecule has 10 heteroatoms. The molecule has 0 spiro atoms. The molecule has 1 N–H and O–H groups in total. The van der Waals surface area contributed by atoms with Crippen molar-refractivity contribution in [2.75, 3.05) is 19.8 Å². The van der Waals surface area contributed by atoms with Gasteiger partial charge in [0.05, 0.1) is 22.1 Å². The van der Waals surface area contributed by atoms with Crippen LogP contribution in [-0.2, 0) is 39.6 Å². The standard InChI is InChI=1S/C36H53BrO8S/c37-32-21-19-27(46-32)18-16-26(43-34-13-5-8-22-40-34)17-20-29-28(11-3-1-2-4-12-33(38)39)30(44-35-14-6-9-23-41-35)25-31(29)45-36-15-7-10-24-42-36/h1,3,17,19-21,26,28-31,34-36H,2,4-16,18,22-25H2,(H,38,39)/t26?,28-,29-,30+,31-,34?,35?,36?/m1/s1. The highest BCUT2D eigenvalue weighted by atomic mass is 79.9. The zero-order valence-corrected chi connectivity index (χ0v) is 29.5. The molecule has 46 heavy (non-hydrogen) atoms. The van der Waals surface area contributed by atoms with Gasteiger partial charge in [-0.15, -0.1) is 11.3 Å². The van der Waals surface area contributed by atoms with Crippen molar-refractivity contribution >= 4 is 33.2 Å². The average Bonchev–Trinajstić information content (AvgIpc) is 3.63. The van der Waals surface area contributed by atoms with Gasteiger partial charge in [-0.2, -0.15) is 0 Å². The van der Waals surface area contributed by atoms with E-state index < -0.39 is 5.97 Å². The number of hydrogen-bond acceptors (Lipinski definition) is 8. The number of aliphatic carboxylic acids is 1. The van der Waals surface area contributed by atoms with E-state index in [9.17, 15) is 4.79 Å². The van der Waals surface area contributed by atoms with Gasteiger partial charge in [0.15, 0.2) is 18.9 Å². The molecule has 1 aromatic heterocycles. The predicted octanol–water partition coefficient (Wildman–Crippen LogP) is 8.57. The molecule has 4 heterocycles. The molecular weight excluding hydrogens is 672 g/mol. The summed E-state index contributed by atoms with van der Waals surface area (Å²) >= 11 is 5.38. The van der Waals surface area contributed by atoms with Gasteiger partial charge in [0.1, 0.15) is 0 Å². The van der Waals surface area contributed by atoms with E-state index in [0.29, 0.717) is 6.42 Å². The smallest absolute Gasteiger partial charge is 0.303 e. The van der Waals surface area contributed by atoms with Crippen LogP contribution in [0.2, 0.25) is 0 Å². The fourth-order valence-corrected chi connectivity index (χ4v) is 8.48. The molecular formula is C36H53BrO8S. The quantitative estimate of drug-likeness (QED) is 0.126. The Balaban J connectivity index is 1.34. The molecule has 258 valence electrons. The first-order valence-electron chi connectivity index (χ1n) is 17.6. The molecule has 1 aromatic rings. The molecule has 4 unspecified atom stereocenters. The highest BCUT2D eigenvalue weighted by Crippen LogP contribution is 2.42. The van der Waals surface area contributed by atoms with Gasteiger partial charge in [-0.05, 0) is 124 Å². The van der Waals surface area contributed by atoms with E-state index in [1.807, 2.05) is 0 Å². The van der Waals surface area contributed by atoms with Crippen LogP contribution in [0.1, 0.15) is 101 Å². The summed E-state index contributed by atoms with van der Waals surface area (Å²) in [6.45, 7) is 2.24. The second-order valence-corrected chi connectivity index (χ2v) is 15.6. The van der Waals surface area contributed by atoms with Crippen LogP contribution in [0.5, 0.6) is 0 Å². The number of hydrogen-bond donors (Lipinski definition) is 1. The van der Waals surface area contributed by atoms with Crippen LogP contribution < -0.4 is 0 Å². The molecule has 3 saturated heterocycles. The molecule has 8 atom stereocenters. The number of unbranched alkanes of at least 4 members (excludes halogenated alkanes) is 1. The Morgan fingerprint density at radius 1 is 0.935 bits per heavy atom. The zero-order chi connectivity index (χ0) is 32.0. The number of carboxylic acids is 1. The Bertz CT molecular complexity index is 1080. The maximum Gasteiger partial charge on any atom is 0.303 e. The van der Waals surface area contributed by atoms with Gasteiger partial charge in [0.25, 0.3) is 0 Å². The van der Waals surface area contributed by atoms with Crippen LogP contribution in [0.25, 0.3) is 0 Å². The lowest BCUT2D eigenvalue weighted by molar-refractivity contribution is -0.203. The first kappa shape index (κ1) is 36.2. The van der Waals surface area contributed by atoms with Crippen molar-refractivity contribution in [3.8, 4) is 0 Å². The van der Waals surface area contributed by atoms with Gasteiger partial charge >= 0.3 is 5.97 Å². The van der Waals surface area contributed by atoms with Crippen LogP contribution >= 0.6 is 27.3 Å². The van der Waals surface area contributed by atoms with Crippen LogP contribution in [-0.4, -0.2) is 68.1 Å². The van der Waals surface area contributed by atoms with E-state index in [-0.39, 0.29) is 55.4 Å². The van der Waals surface area contributed by atoms with E-state index in [2.05, 4.69) is 52.4 Å². The lowest BCUT2D eigenvalue weighted by Crippen LogP contribution is -2.31.